The van der Waals surface area contributed by atoms with Crippen molar-refractivity contribution in [1.29, 1.82) is 0 Å². The predicted octanol–water partition coefficient (Wildman–Crippen LogP) is 18.5. The topological polar surface area (TPSA) is 21.3 Å². The largest absolute Gasteiger partial charge is 0.456 e. The van der Waals surface area contributed by atoms with Gasteiger partial charge in [-0.2, -0.15) is 0 Å². The molecule has 0 N–H and O–H groups in total. The summed E-state index contributed by atoms with van der Waals surface area (Å²) in [5.74, 6) is 0. The van der Waals surface area contributed by atoms with Crippen LogP contribution < -0.4 is 4.90 Å². The lowest BCUT2D eigenvalue weighted by Crippen LogP contribution is -2.13. The maximum absolute atomic E-state index is 6.64. The molecule has 0 bridgehead atoms. The van der Waals surface area contributed by atoms with E-state index in [0.717, 1.165) is 94.8 Å². The number of aromatic nitrogens is 1. The number of para-hydroxylation sites is 3. The highest BCUT2D eigenvalue weighted by Crippen LogP contribution is 2.51. The third-order valence-electron chi connectivity index (χ3n) is 13.6. The molecule has 13 rings (SSSR count). The van der Waals surface area contributed by atoms with Crippen LogP contribution in [-0.2, 0) is 0 Å². The SMILES string of the molecule is c1ccc(-c2cccc(-c3cccc(N(c4ccc(-n5c6ccccc6c6ccccc65)cc4)c4cc(-c5ccccc5)ccc4-c4ccccc4)c3-c3cccc4oc5ccccc5c34)c2)cc1. The molecule has 0 aliphatic rings. The number of furan rings is 1. The van der Waals surface area contributed by atoms with Crippen LogP contribution in [0.25, 0.3) is 105 Å². The summed E-state index contributed by atoms with van der Waals surface area (Å²) >= 11 is 0. The Labute approximate surface area is 401 Å². The second-order valence-electron chi connectivity index (χ2n) is 17.6. The van der Waals surface area contributed by atoms with Gasteiger partial charge in [-0.3, -0.25) is 0 Å². The van der Waals surface area contributed by atoms with Crippen LogP contribution >= 0.6 is 0 Å². The lowest BCUT2D eigenvalue weighted by atomic mass is 9.88. The molecule has 0 saturated heterocycles. The molecule has 0 aliphatic heterocycles. The molecule has 11 aromatic carbocycles. The zero-order valence-corrected chi connectivity index (χ0v) is 37.7. The van der Waals surface area contributed by atoms with Gasteiger partial charge in [-0.1, -0.05) is 200 Å². The van der Waals surface area contributed by atoms with Crippen molar-refractivity contribution in [3.8, 4) is 61.3 Å². The molecule has 0 spiro atoms. The Morgan fingerprint density at radius 1 is 0.304 bits per heavy atom. The average Bonchev–Trinajstić information content (AvgIpc) is 3.98. The van der Waals surface area contributed by atoms with E-state index in [0.29, 0.717) is 0 Å². The third-order valence-corrected chi connectivity index (χ3v) is 13.6. The first-order valence-electron chi connectivity index (χ1n) is 23.6. The smallest absolute Gasteiger partial charge is 0.136 e. The van der Waals surface area contributed by atoms with E-state index in [1.165, 1.54) is 27.4 Å². The van der Waals surface area contributed by atoms with Crippen LogP contribution in [-0.4, -0.2) is 4.57 Å². The van der Waals surface area contributed by atoms with Gasteiger partial charge in [-0.05, 0) is 111 Å². The van der Waals surface area contributed by atoms with E-state index in [9.17, 15) is 0 Å². The van der Waals surface area contributed by atoms with Gasteiger partial charge in [0, 0.05) is 44.0 Å². The summed E-state index contributed by atoms with van der Waals surface area (Å²) in [4.78, 5) is 2.49. The standard InChI is InChI=1S/C66H44N2O/c1-4-19-45(20-5-1)48-25-16-26-50(43-48)54-30-17-34-61(65(54)58-31-18-36-64-66(58)57-29-12-15-35-63(57)69-64)68(62-44-49(46-21-6-2-7-22-46)37-42-53(62)47-23-8-3-9-24-47)52-40-38-51(39-41-52)67-59-32-13-10-27-55(59)56-28-11-14-33-60(56)67/h1-44H. The minimum atomic E-state index is 0.852. The van der Waals surface area contributed by atoms with E-state index in [-0.39, 0.29) is 0 Å². The first-order valence-corrected chi connectivity index (χ1v) is 23.6. The Morgan fingerprint density at radius 2 is 0.826 bits per heavy atom. The summed E-state index contributed by atoms with van der Waals surface area (Å²) in [5, 5.41) is 4.65. The molecular formula is C66H44N2O. The summed E-state index contributed by atoms with van der Waals surface area (Å²) in [5.41, 5.74) is 19.6. The zero-order chi connectivity index (χ0) is 45.7. The molecule has 0 aliphatic carbocycles. The zero-order valence-electron chi connectivity index (χ0n) is 37.7. The van der Waals surface area contributed by atoms with E-state index >= 15 is 0 Å². The summed E-state index contributed by atoms with van der Waals surface area (Å²) in [6, 6.07) is 96.4. The van der Waals surface area contributed by atoms with Crippen molar-refractivity contribution in [1.82, 2.24) is 4.57 Å². The molecule has 3 heteroatoms. The summed E-state index contributed by atoms with van der Waals surface area (Å²) in [7, 11) is 0. The van der Waals surface area contributed by atoms with Gasteiger partial charge in [-0.15, -0.1) is 0 Å². The van der Waals surface area contributed by atoms with Crippen molar-refractivity contribution in [2.75, 3.05) is 4.90 Å². The highest BCUT2D eigenvalue weighted by molar-refractivity contribution is 6.16. The van der Waals surface area contributed by atoms with Crippen LogP contribution in [0.5, 0.6) is 0 Å². The molecule has 3 nitrogen and oxygen atoms in total. The Balaban J connectivity index is 1.12. The summed E-state index contributed by atoms with van der Waals surface area (Å²) in [6.45, 7) is 0. The Morgan fingerprint density at radius 3 is 1.52 bits per heavy atom. The highest BCUT2D eigenvalue weighted by atomic mass is 16.3. The van der Waals surface area contributed by atoms with Crippen LogP contribution in [0.3, 0.4) is 0 Å². The molecule has 2 heterocycles. The number of benzene rings is 11. The van der Waals surface area contributed by atoms with Gasteiger partial charge >= 0.3 is 0 Å². The molecule has 0 fully saturated rings. The van der Waals surface area contributed by atoms with E-state index in [4.69, 9.17) is 4.42 Å². The fourth-order valence-corrected chi connectivity index (χ4v) is 10.5. The minimum Gasteiger partial charge on any atom is -0.456 e. The van der Waals surface area contributed by atoms with E-state index in [1.807, 2.05) is 0 Å². The number of anilines is 3. The monoisotopic (exact) mass is 880 g/mol. The first kappa shape index (κ1) is 40.1. The van der Waals surface area contributed by atoms with Crippen molar-refractivity contribution < 1.29 is 4.42 Å². The predicted molar refractivity (Wildman–Crippen MR) is 290 cm³/mol. The van der Waals surface area contributed by atoms with Gasteiger partial charge in [0.2, 0.25) is 0 Å². The molecule has 13 aromatic rings. The van der Waals surface area contributed by atoms with Gasteiger partial charge in [0.05, 0.1) is 22.4 Å². The fourth-order valence-electron chi connectivity index (χ4n) is 10.5. The summed E-state index contributed by atoms with van der Waals surface area (Å²) in [6.07, 6.45) is 0. The van der Waals surface area contributed by atoms with Crippen LogP contribution in [0.2, 0.25) is 0 Å². The number of hydrogen-bond donors (Lipinski definition) is 0. The van der Waals surface area contributed by atoms with E-state index in [1.54, 1.807) is 0 Å². The van der Waals surface area contributed by atoms with Crippen LogP contribution in [0.15, 0.2) is 271 Å². The molecule has 324 valence electrons. The molecule has 2 aromatic heterocycles. The molecule has 0 amide bonds. The van der Waals surface area contributed by atoms with Gasteiger partial charge in [0.15, 0.2) is 0 Å². The quantitative estimate of drug-likeness (QED) is 0.144. The Bertz CT molecular complexity index is 3950. The molecule has 0 atom stereocenters. The number of fused-ring (bicyclic) bond motifs is 6. The van der Waals surface area contributed by atoms with E-state index < -0.39 is 0 Å². The maximum atomic E-state index is 6.64. The molecule has 0 unspecified atom stereocenters. The second-order valence-corrected chi connectivity index (χ2v) is 17.6. The summed E-state index contributed by atoms with van der Waals surface area (Å²) < 4.78 is 9.03. The fraction of sp³-hybridized carbons (Fsp3) is 0. The van der Waals surface area contributed by atoms with Gasteiger partial charge in [0.1, 0.15) is 11.2 Å². The van der Waals surface area contributed by atoms with Crippen molar-refractivity contribution in [3.05, 3.63) is 267 Å². The number of nitrogens with zero attached hydrogens (tertiary/aromatic N) is 2. The molecule has 0 saturated carbocycles. The normalized spacial score (nSPS) is 11.5. The van der Waals surface area contributed by atoms with Crippen LogP contribution in [0, 0.1) is 0 Å². The van der Waals surface area contributed by atoms with Crippen LogP contribution in [0.1, 0.15) is 0 Å². The Hall–Kier alpha value is -9.18. The van der Waals surface area contributed by atoms with E-state index in [2.05, 4.69) is 276 Å². The first-order chi connectivity index (χ1) is 34.2. The van der Waals surface area contributed by atoms with Crippen molar-refractivity contribution in [2.24, 2.45) is 0 Å². The van der Waals surface area contributed by atoms with Crippen molar-refractivity contribution in [3.63, 3.8) is 0 Å². The van der Waals surface area contributed by atoms with Gasteiger partial charge < -0.3 is 13.9 Å². The molecule has 0 radical (unpaired) electrons. The third kappa shape index (κ3) is 6.99. The van der Waals surface area contributed by atoms with Crippen molar-refractivity contribution >= 4 is 60.8 Å². The second kappa shape index (κ2) is 16.9. The van der Waals surface area contributed by atoms with Crippen molar-refractivity contribution in [2.45, 2.75) is 0 Å². The Kier molecular flexibility index (Phi) is 9.84. The van der Waals surface area contributed by atoms with Gasteiger partial charge in [0.25, 0.3) is 0 Å². The average molecular weight is 881 g/mol. The lowest BCUT2D eigenvalue weighted by Gasteiger charge is -2.32. The minimum absolute atomic E-state index is 0.852. The molecular weight excluding hydrogens is 837 g/mol. The lowest BCUT2D eigenvalue weighted by molar-refractivity contribution is 0.669. The number of hydrogen-bond acceptors (Lipinski definition) is 2. The van der Waals surface area contributed by atoms with Gasteiger partial charge in [-0.25, -0.2) is 0 Å². The maximum Gasteiger partial charge on any atom is 0.136 e. The number of rotatable bonds is 9. The van der Waals surface area contributed by atoms with Crippen LogP contribution in [0.4, 0.5) is 17.1 Å². The molecule has 69 heavy (non-hydrogen) atoms. The highest BCUT2D eigenvalue weighted by Gasteiger charge is 2.26.